The molecule has 2 heteroatoms. The van der Waals surface area contributed by atoms with Crippen LogP contribution < -0.4 is 0 Å². The highest BCUT2D eigenvalue weighted by molar-refractivity contribution is 6.13. The molecule has 22 heavy (non-hydrogen) atoms. The van der Waals surface area contributed by atoms with Crippen LogP contribution in [0.4, 0.5) is 0 Å². The number of aryl methyl sites for hydroxylation is 1. The maximum absolute atomic E-state index is 12.5. The third kappa shape index (κ3) is 2.04. The molecule has 4 rings (SSSR count). The molecule has 0 saturated carbocycles. The van der Waals surface area contributed by atoms with Crippen molar-refractivity contribution in [1.29, 1.82) is 0 Å². The molecule has 0 N–H and O–H groups in total. The first-order valence-electron chi connectivity index (χ1n) is 7.46. The second kappa shape index (κ2) is 5.08. The Morgan fingerprint density at radius 3 is 2.55 bits per heavy atom. The lowest BCUT2D eigenvalue weighted by atomic mass is 9.86. The lowest BCUT2D eigenvalue weighted by molar-refractivity contribution is 0.0667. The summed E-state index contributed by atoms with van der Waals surface area (Å²) in [6.07, 6.45) is 0. The molecule has 0 aromatic heterocycles. The molecule has 0 fully saturated rings. The first-order chi connectivity index (χ1) is 10.7. The lowest BCUT2D eigenvalue weighted by Gasteiger charge is -2.21. The van der Waals surface area contributed by atoms with Crippen molar-refractivity contribution in [3.05, 3.63) is 71.3 Å². The SMILES string of the molecule is Cc1ccc2cc3c(c(-c4ccccc4)c2c1)C(=O)COC3. The first-order valence-corrected chi connectivity index (χ1v) is 7.46. The van der Waals surface area contributed by atoms with Gasteiger partial charge in [-0.05, 0) is 34.9 Å². The number of hydrogen-bond acceptors (Lipinski definition) is 2. The summed E-state index contributed by atoms with van der Waals surface area (Å²) in [4.78, 5) is 12.5. The minimum atomic E-state index is 0.0727. The molecule has 0 aliphatic carbocycles. The summed E-state index contributed by atoms with van der Waals surface area (Å²) in [5.41, 5.74) is 5.15. The molecule has 0 atom stereocenters. The lowest BCUT2D eigenvalue weighted by Crippen LogP contribution is -2.19. The van der Waals surface area contributed by atoms with Crippen molar-refractivity contribution in [2.45, 2.75) is 13.5 Å². The van der Waals surface area contributed by atoms with Gasteiger partial charge in [0, 0.05) is 11.1 Å². The molecule has 108 valence electrons. The smallest absolute Gasteiger partial charge is 0.189 e. The van der Waals surface area contributed by atoms with Crippen molar-refractivity contribution >= 4 is 16.6 Å². The van der Waals surface area contributed by atoms with E-state index in [1.54, 1.807) is 0 Å². The van der Waals surface area contributed by atoms with E-state index in [0.29, 0.717) is 6.61 Å². The summed E-state index contributed by atoms with van der Waals surface area (Å²) >= 11 is 0. The highest BCUT2D eigenvalue weighted by atomic mass is 16.5. The Kier molecular flexibility index (Phi) is 3.05. The standard InChI is InChI=1S/C20H16O2/c1-13-7-8-15-10-16-11-22-12-18(21)20(16)19(17(15)9-13)14-5-3-2-4-6-14/h2-10H,11-12H2,1H3. The Bertz CT molecular complexity index is 879. The second-order valence-electron chi connectivity index (χ2n) is 5.79. The molecule has 0 unspecified atom stereocenters. The van der Waals surface area contributed by atoms with E-state index in [1.165, 1.54) is 5.56 Å². The molecule has 0 spiro atoms. The summed E-state index contributed by atoms with van der Waals surface area (Å²) in [5.74, 6) is 0.0727. The third-order valence-electron chi connectivity index (χ3n) is 4.21. The summed E-state index contributed by atoms with van der Waals surface area (Å²) in [5, 5.41) is 2.29. The molecule has 3 aromatic rings. The summed E-state index contributed by atoms with van der Waals surface area (Å²) in [6.45, 7) is 2.76. The van der Waals surface area contributed by atoms with Crippen molar-refractivity contribution in [1.82, 2.24) is 0 Å². The minimum absolute atomic E-state index is 0.0727. The molecule has 0 radical (unpaired) electrons. The maximum atomic E-state index is 12.5. The number of Topliss-reactive ketones (excluding diaryl/α,β-unsaturated/α-hetero) is 1. The zero-order chi connectivity index (χ0) is 15.1. The van der Waals surface area contributed by atoms with Crippen LogP contribution in [0.25, 0.3) is 21.9 Å². The number of ketones is 1. The average Bonchev–Trinajstić information content (AvgIpc) is 2.54. The molecular formula is C20H16O2. The van der Waals surface area contributed by atoms with E-state index in [4.69, 9.17) is 4.74 Å². The van der Waals surface area contributed by atoms with E-state index in [-0.39, 0.29) is 12.4 Å². The van der Waals surface area contributed by atoms with Crippen LogP contribution in [-0.2, 0) is 11.3 Å². The predicted octanol–water partition coefficient (Wildman–Crippen LogP) is 4.53. The van der Waals surface area contributed by atoms with Crippen LogP contribution in [0.3, 0.4) is 0 Å². The van der Waals surface area contributed by atoms with Gasteiger partial charge in [0.1, 0.15) is 6.61 Å². The number of carbonyl (C=O) groups is 1. The largest absolute Gasteiger partial charge is 0.369 e. The van der Waals surface area contributed by atoms with Crippen LogP contribution in [0.1, 0.15) is 21.5 Å². The fourth-order valence-corrected chi connectivity index (χ4v) is 3.23. The molecule has 1 aliphatic rings. The Balaban J connectivity index is 2.16. The summed E-state index contributed by atoms with van der Waals surface area (Å²) in [7, 11) is 0. The molecular weight excluding hydrogens is 272 g/mol. The van der Waals surface area contributed by atoms with Crippen LogP contribution in [0.15, 0.2) is 54.6 Å². The molecule has 1 aliphatic heterocycles. The Labute approximate surface area is 129 Å². The van der Waals surface area contributed by atoms with Gasteiger partial charge in [0.2, 0.25) is 0 Å². The van der Waals surface area contributed by atoms with Gasteiger partial charge in [-0.1, -0.05) is 54.1 Å². The zero-order valence-corrected chi connectivity index (χ0v) is 12.4. The number of rotatable bonds is 1. The van der Waals surface area contributed by atoms with Gasteiger partial charge in [0.05, 0.1) is 6.61 Å². The van der Waals surface area contributed by atoms with E-state index in [0.717, 1.165) is 33.0 Å². The number of fused-ring (bicyclic) bond motifs is 2. The maximum Gasteiger partial charge on any atom is 0.189 e. The summed E-state index contributed by atoms with van der Waals surface area (Å²) < 4.78 is 5.42. The number of carbonyl (C=O) groups excluding carboxylic acids is 1. The van der Waals surface area contributed by atoms with Gasteiger partial charge in [-0.2, -0.15) is 0 Å². The molecule has 0 saturated heterocycles. The van der Waals surface area contributed by atoms with Crippen LogP contribution in [0, 0.1) is 6.92 Å². The normalized spacial score (nSPS) is 14.1. The van der Waals surface area contributed by atoms with Gasteiger partial charge in [0.25, 0.3) is 0 Å². The van der Waals surface area contributed by atoms with Gasteiger partial charge in [-0.3, -0.25) is 4.79 Å². The predicted molar refractivity (Wildman–Crippen MR) is 88.1 cm³/mol. The highest BCUT2D eigenvalue weighted by Gasteiger charge is 2.24. The van der Waals surface area contributed by atoms with E-state index in [1.807, 2.05) is 18.2 Å². The van der Waals surface area contributed by atoms with Crippen LogP contribution in [0.2, 0.25) is 0 Å². The first kappa shape index (κ1) is 13.2. The molecule has 2 nitrogen and oxygen atoms in total. The van der Waals surface area contributed by atoms with Crippen LogP contribution in [0.5, 0.6) is 0 Å². The monoisotopic (exact) mass is 288 g/mol. The molecule has 1 heterocycles. The molecule has 0 bridgehead atoms. The van der Waals surface area contributed by atoms with E-state index in [9.17, 15) is 4.79 Å². The number of ether oxygens (including phenoxy) is 1. The van der Waals surface area contributed by atoms with E-state index in [2.05, 4.69) is 43.3 Å². The number of benzene rings is 3. The topological polar surface area (TPSA) is 26.3 Å². The summed E-state index contributed by atoms with van der Waals surface area (Å²) in [6, 6.07) is 18.7. The Hall–Kier alpha value is -2.45. The highest BCUT2D eigenvalue weighted by Crippen LogP contribution is 2.37. The average molecular weight is 288 g/mol. The van der Waals surface area contributed by atoms with Crippen molar-refractivity contribution in [2.75, 3.05) is 6.61 Å². The van der Waals surface area contributed by atoms with E-state index >= 15 is 0 Å². The zero-order valence-electron chi connectivity index (χ0n) is 12.4. The Morgan fingerprint density at radius 2 is 1.73 bits per heavy atom. The van der Waals surface area contributed by atoms with Gasteiger partial charge in [-0.25, -0.2) is 0 Å². The molecule has 3 aromatic carbocycles. The van der Waals surface area contributed by atoms with Crippen LogP contribution in [-0.4, -0.2) is 12.4 Å². The molecule has 0 amide bonds. The van der Waals surface area contributed by atoms with Crippen molar-refractivity contribution in [3.8, 4) is 11.1 Å². The number of hydrogen-bond donors (Lipinski definition) is 0. The fourth-order valence-electron chi connectivity index (χ4n) is 3.23. The van der Waals surface area contributed by atoms with Gasteiger partial charge >= 0.3 is 0 Å². The third-order valence-corrected chi connectivity index (χ3v) is 4.21. The minimum Gasteiger partial charge on any atom is -0.369 e. The van der Waals surface area contributed by atoms with E-state index < -0.39 is 0 Å². The van der Waals surface area contributed by atoms with Gasteiger partial charge < -0.3 is 4.74 Å². The van der Waals surface area contributed by atoms with Crippen LogP contribution >= 0.6 is 0 Å². The Morgan fingerprint density at radius 1 is 0.909 bits per heavy atom. The quantitative estimate of drug-likeness (QED) is 0.657. The van der Waals surface area contributed by atoms with Crippen molar-refractivity contribution in [2.24, 2.45) is 0 Å². The van der Waals surface area contributed by atoms with Crippen molar-refractivity contribution in [3.63, 3.8) is 0 Å². The van der Waals surface area contributed by atoms with Gasteiger partial charge in [-0.15, -0.1) is 0 Å². The fraction of sp³-hybridized carbons (Fsp3) is 0.150. The van der Waals surface area contributed by atoms with Crippen molar-refractivity contribution < 1.29 is 9.53 Å². The second-order valence-corrected chi connectivity index (χ2v) is 5.79. The van der Waals surface area contributed by atoms with Gasteiger partial charge in [0.15, 0.2) is 5.78 Å².